The lowest BCUT2D eigenvalue weighted by molar-refractivity contribution is -0.124. The molecule has 0 aliphatic heterocycles. The quantitative estimate of drug-likeness (QED) is 0.805. The Hall–Kier alpha value is -0.940. The molecule has 1 aliphatic rings. The summed E-state index contributed by atoms with van der Waals surface area (Å²) in [6.07, 6.45) is 4.09. The molecule has 1 aliphatic carbocycles. The fourth-order valence-corrected chi connectivity index (χ4v) is 2.46. The molecule has 4 nitrogen and oxygen atoms in total. The maximum Gasteiger partial charge on any atom is 0.246 e. The van der Waals surface area contributed by atoms with Gasteiger partial charge in [-0.1, -0.05) is 0 Å². The summed E-state index contributed by atoms with van der Waals surface area (Å²) in [5.41, 5.74) is 0. The lowest BCUT2D eigenvalue weighted by Crippen LogP contribution is -2.31. The van der Waals surface area contributed by atoms with Crippen molar-refractivity contribution in [2.45, 2.75) is 25.8 Å². The summed E-state index contributed by atoms with van der Waals surface area (Å²) in [5.74, 6) is 0.186. The summed E-state index contributed by atoms with van der Waals surface area (Å²) in [4.78, 5) is 16.6. The van der Waals surface area contributed by atoms with Gasteiger partial charge in [-0.2, -0.15) is 0 Å². The Labute approximate surface area is 92.3 Å². The maximum absolute atomic E-state index is 11.2. The first kappa shape index (κ1) is 10.6. The van der Waals surface area contributed by atoms with Crippen molar-refractivity contribution in [3.8, 4) is 0 Å². The van der Waals surface area contributed by atoms with E-state index in [2.05, 4.69) is 10.3 Å². The van der Waals surface area contributed by atoms with Gasteiger partial charge >= 0.3 is 0 Å². The Bertz CT molecular complexity index is 360. The molecule has 2 N–H and O–H groups in total. The van der Waals surface area contributed by atoms with E-state index < -0.39 is 6.61 Å². The van der Waals surface area contributed by atoms with E-state index in [-0.39, 0.29) is 11.9 Å². The molecule has 1 saturated carbocycles. The van der Waals surface area contributed by atoms with E-state index in [9.17, 15) is 4.79 Å². The number of thiazole rings is 1. The Morgan fingerprint density at radius 1 is 1.80 bits per heavy atom. The number of nitrogens with zero attached hydrogens (tertiary/aromatic N) is 1. The number of aryl methyl sites for hydroxylation is 1. The van der Waals surface area contributed by atoms with Crippen LogP contribution in [0.1, 0.15) is 28.8 Å². The second-order valence-corrected chi connectivity index (χ2v) is 5.12. The number of hydrogen-bond donors (Lipinski definition) is 2. The molecule has 5 heteroatoms. The van der Waals surface area contributed by atoms with Gasteiger partial charge in [-0.15, -0.1) is 11.3 Å². The van der Waals surface area contributed by atoms with Gasteiger partial charge < -0.3 is 10.4 Å². The minimum atomic E-state index is -0.451. The van der Waals surface area contributed by atoms with Crippen LogP contribution in [0.4, 0.5) is 0 Å². The van der Waals surface area contributed by atoms with Gasteiger partial charge in [0.1, 0.15) is 11.6 Å². The number of amides is 1. The van der Waals surface area contributed by atoms with Crippen LogP contribution in [0, 0.1) is 12.8 Å². The van der Waals surface area contributed by atoms with Crippen molar-refractivity contribution in [3.05, 3.63) is 16.1 Å². The minimum Gasteiger partial charge on any atom is -0.387 e. The van der Waals surface area contributed by atoms with Gasteiger partial charge in [-0.05, 0) is 25.7 Å². The molecule has 0 bridgehead atoms. The molecule has 1 unspecified atom stereocenters. The predicted molar refractivity (Wildman–Crippen MR) is 57.5 cm³/mol. The number of aromatic nitrogens is 1. The van der Waals surface area contributed by atoms with Crippen LogP contribution < -0.4 is 5.32 Å². The highest BCUT2D eigenvalue weighted by Gasteiger charge is 2.34. The largest absolute Gasteiger partial charge is 0.387 e. The summed E-state index contributed by atoms with van der Waals surface area (Å²) < 4.78 is 0. The standard InChI is InChI=1S/C10H14N2O2S/c1-6-4-11-10(15-6)9(7-2-3-7)12-8(14)5-13/h4,7,9,13H,2-3,5H2,1H3,(H,12,14). The van der Waals surface area contributed by atoms with E-state index in [0.29, 0.717) is 5.92 Å². The SMILES string of the molecule is Cc1cnc(C(NC(=O)CO)C2CC2)s1. The third kappa shape index (κ3) is 2.54. The first-order valence-electron chi connectivity index (χ1n) is 5.03. The smallest absolute Gasteiger partial charge is 0.246 e. The zero-order chi connectivity index (χ0) is 10.8. The summed E-state index contributed by atoms with van der Waals surface area (Å²) in [6, 6.07) is 0.00310. The van der Waals surface area contributed by atoms with E-state index >= 15 is 0 Å². The molecule has 82 valence electrons. The van der Waals surface area contributed by atoms with Crippen molar-refractivity contribution in [1.82, 2.24) is 10.3 Å². The fraction of sp³-hybridized carbons (Fsp3) is 0.600. The molecule has 15 heavy (non-hydrogen) atoms. The zero-order valence-electron chi connectivity index (χ0n) is 8.56. The van der Waals surface area contributed by atoms with E-state index in [1.54, 1.807) is 11.3 Å². The highest BCUT2D eigenvalue weighted by molar-refractivity contribution is 7.11. The molecule has 2 rings (SSSR count). The van der Waals surface area contributed by atoms with Crippen molar-refractivity contribution in [2.75, 3.05) is 6.61 Å². The fourth-order valence-electron chi connectivity index (χ4n) is 1.55. The van der Waals surface area contributed by atoms with Crippen molar-refractivity contribution in [3.63, 3.8) is 0 Å². The van der Waals surface area contributed by atoms with Crippen LogP contribution in [0.25, 0.3) is 0 Å². The summed E-state index contributed by atoms with van der Waals surface area (Å²) in [5, 5.41) is 12.5. The zero-order valence-corrected chi connectivity index (χ0v) is 9.38. The number of aliphatic hydroxyl groups excluding tert-OH is 1. The molecule has 1 fully saturated rings. The Balaban J connectivity index is 2.09. The Morgan fingerprint density at radius 3 is 3.00 bits per heavy atom. The molecule has 1 heterocycles. The van der Waals surface area contributed by atoms with Crippen LogP contribution in [0.2, 0.25) is 0 Å². The number of carbonyl (C=O) groups excluding carboxylic acids is 1. The van der Waals surface area contributed by atoms with E-state index in [1.165, 1.54) is 0 Å². The average Bonchev–Trinajstić information content (AvgIpc) is 2.97. The summed E-state index contributed by atoms with van der Waals surface area (Å²) >= 11 is 1.61. The van der Waals surface area contributed by atoms with Crippen molar-refractivity contribution >= 4 is 17.2 Å². The van der Waals surface area contributed by atoms with Gasteiger partial charge in [0, 0.05) is 11.1 Å². The molecule has 0 spiro atoms. The van der Waals surface area contributed by atoms with Gasteiger partial charge in [-0.25, -0.2) is 4.98 Å². The van der Waals surface area contributed by atoms with Gasteiger partial charge in [0.15, 0.2) is 0 Å². The van der Waals surface area contributed by atoms with Gasteiger partial charge in [0.25, 0.3) is 0 Å². The molecule has 0 radical (unpaired) electrons. The van der Waals surface area contributed by atoms with Crippen LogP contribution in [0.3, 0.4) is 0 Å². The minimum absolute atomic E-state index is 0.00310. The first-order valence-corrected chi connectivity index (χ1v) is 5.85. The van der Waals surface area contributed by atoms with Gasteiger partial charge in [0.2, 0.25) is 5.91 Å². The summed E-state index contributed by atoms with van der Waals surface area (Å²) in [7, 11) is 0. The van der Waals surface area contributed by atoms with Crippen molar-refractivity contribution in [1.29, 1.82) is 0 Å². The first-order chi connectivity index (χ1) is 7.20. The van der Waals surface area contributed by atoms with E-state index in [1.807, 2.05) is 13.1 Å². The molecular formula is C10H14N2O2S. The predicted octanol–water partition coefficient (Wildman–Crippen LogP) is 1.01. The molecule has 1 aromatic heterocycles. The van der Waals surface area contributed by atoms with Crippen LogP contribution >= 0.6 is 11.3 Å². The van der Waals surface area contributed by atoms with Gasteiger partial charge in [-0.3, -0.25) is 4.79 Å². The molecule has 0 saturated heterocycles. The van der Waals surface area contributed by atoms with E-state index in [0.717, 1.165) is 22.7 Å². The van der Waals surface area contributed by atoms with Crippen molar-refractivity contribution < 1.29 is 9.90 Å². The number of nitrogens with one attached hydrogen (secondary N) is 1. The third-order valence-corrected chi connectivity index (χ3v) is 3.45. The highest BCUT2D eigenvalue weighted by Crippen LogP contribution is 2.41. The number of carbonyl (C=O) groups is 1. The third-order valence-electron chi connectivity index (χ3n) is 2.46. The highest BCUT2D eigenvalue weighted by atomic mass is 32.1. The normalized spacial score (nSPS) is 17.5. The summed E-state index contributed by atoms with van der Waals surface area (Å²) in [6.45, 7) is 1.55. The van der Waals surface area contributed by atoms with E-state index in [4.69, 9.17) is 5.11 Å². The number of rotatable bonds is 4. The molecular weight excluding hydrogens is 212 g/mol. The Kier molecular flexibility index (Phi) is 3.02. The monoisotopic (exact) mass is 226 g/mol. The maximum atomic E-state index is 11.2. The molecule has 0 aromatic carbocycles. The second kappa shape index (κ2) is 4.28. The number of aliphatic hydroxyl groups is 1. The topological polar surface area (TPSA) is 62.2 Å². The molecule has 1 amide bonds. The second-order valence-electron chi connectivity index (χ2n) is 3.85. The lowest BCUT2D eigenvalue weighted by atomic mass is 10.2. The van der Waals surface area contributed by atoms with Crippen molar-refractivity contribution in [2.24, 2.45) is 5.92 Å². The Morgan fingerprint density at radius 2 is 2.53 bits per heavy atom. The average molecular weight is 226 g/mol. The van der Waals surface area contributed by atoms with Gasteiger partial charge in [0.05, 0.1) is 6.04 Å². The van der Waals surface area contributed by atoms with Crippen LogP contribution in [0.15, 0.2) is 6.20 Å². The molecule has 1 aromatic rings. The van der Waals surface area contributed by atoms with Crippen LogP contribution in [-0.4, -0.2) is 22.6 Å². The van der Waals surface area contributed by atoms with Crippen LogP contribution in [0.5, 0.6) is 0 Å². The lowest BCUT2D eigenvalue weighted by Gasteiger charge is -2.14. The molecule has 1 atom stereocenters. The van der Waals surface area contributed by atoms with Crippen LogP contribution in [-0.2, 0) is 4.79 Å². The number of hydrogen-bond acceptors (Lipinski definition) is 4.